The van der Waals surface area contributed by atoms with Crippen molar-refractivity contribution in [1.29, 1.82) is 0 Å². The molecule has 2 heterocycles. The van der Waals surface area contributed by atoms with E-state index in [0.29, 0.717) is 11.5 Å². The minimum absolute atomic E-state index is 0.263. The van der Waals surface area contributed by atoms with Crippen LogP contribution in [0.25, 0.3) is 0 Å². The van der Waals surface area contributed by atoms with Crippen molar-refractivity contribution in [3.05, 3.63) is 35.9 Å². The van der Waals surface area contributed by atoms with Gasteiger partial charge in [0, 0.05) is 30.1 Å². The molecule has 0 N–H and O–H groups in total. The van der Waals surface area contributed by atoms with Crippen LogP contribution >= 0.6 is 0 Å². The van der Waals surface area contributed by atoms with Gasteiger partial charge in [0.1, 0.15) is 0 Å². The Labute approximate surface area is 149 Å². The van der Waals surface area contributed by atoms with E-state index < -0.39 is 0 Å². The van der Waals surface area contributed by atoms with E-state index in [9.17, 15) is 0 Å². The molecule has 2 atom stereocenters. The summed E-state index contributed by atoms with van der Waals surface area (Å²) in [6.07, 6.45) is 4.06. The maximum Gasteiger partial charge on any atom is 0.0156 e. The molecule has 0 bridgehead atoms. The highest BCUT2D eigenvalue weighted by molar-refractivity contribution is 5.23. The fourth-order valence-electron chi connectivity index (χ4n) is 4.80. The fourth-order valence-corrected chi connectivity index (χ4v) is 4.80. The van der Waals surface area contributed by atoms with Gasteiger partial charge in [-0.25, -0.2) is 0 Å². The first kappa shape index (κ1) is 17.9. The Hall–Kier alpha value is -0.860. The van der Waals surface area contributed by atoms with Gasteiger partial charge >= 0.3 is 0 Å². The van der Waals surface area contributed by atoms with Crippen molar-refractivity contribution in [2.24, 2.45) is 5.92 Å². The Bertz CT molecular complexity index is 523. The summed E-state index contributed by atoms with van der Waals surface area (Å²) in [4.78, 5) is 5.43. The lowest BCUT2D eigenvalue weighted by molar-refractivity contribution is 0.113. The second-order valence-corrected chi connectivity index (χ2v) is 9.56. The summed E-state index contributed by atoms with van der Waals surface area (Å²) in [5.41, 5.74) is 2.12. The summed E-state index contributed by atoms with van der Waals surface area (Å²) in [6.45, 7) is 17.1. The van der Waals surface area contributed by atoms with E-state index in [4.69, 9.17) is 0 Å². The number of hydrogen-bond acceptors (Lipinski definition) is 2. The standard InChI is InChI=1S/C22H36N2/c1-21(2,3)24-16-19(15-22(4,5)23-13-9-10-14-23)20(17-24)18-11-7-6-8-12-18/h6-8,11-12,19-20H,9-10,13-17H2,1-5H3. The van der Waals surface area contributed by atoms with E-state index in [0.717, 1.165) is 5.92 Å². The van der Waals surface area contributed by atoms with E-state index in [1.807, 2.05) is 0 Å². The highest BCUT2D eigenvalue weighted by Gasteiger charge is 2.42. The van der Waals surface area contributed by atoms with Crippen molar-refractivity contribution in [3.63, 3.8) is 0 Å². The van der Waals surface area contributed by atoms with Gasteiger partial charge in [0.15, 0.2) is 0 Å². The van der Waals surface area contributed by atoms with Crippen molar-refractivity contribution in [3.8, 4) is 0 Å². The van der Waals surface area contributed by atoms with Gasteiger partial charge in [-0.3, -0.25) is 9.80 Å². The van der Waals surface area contributed by atoms with Crippen molar-refractivity contribution >= 4 is 0 Å². The van der Waals surface area contributed by atoms with Crippen molar-refractivity contribution in [1.82, 2.24) is 9.80 Å². The summed E-state index contributed by atoms with van der Waals surface area (Å²) in [5, 5.41) is 0. The molecule has 2 saturated heterocycles. The average molecular weight is 329 g/mol. The largest absolute Gasteiger partial charge is 0.298 e. The fraction of sp³-hybridized carbons (Fsp3) is 0.727. The molecule has 0 radical (unpaired) electrons. The maximum atomic E-state index is 2.73. The van der Waals surface area contributed by atoms with Crippen LogP contribution in [-0.4, -0.2) is 47.1 Å². The molecular formula is C22H36N2. The average Bonchev–Trinajstić information content (AvgIpc) is 3.16. The van der Waals surface area contributed by atoms with Gasteiger partial charge in [-0.05, 0) is 78.5 Å². The quantitative estimate of drug-likeness (QED) is 0.786. The monoisotopic (exact) mass is 328 g/mol. The van der Waals surface area contributed by atoms with Gasteiger partial charge in [-0.1, -0.05) is 30.3 Å². The van der Waals surface area contributed by atoms with Crippen LogP contribution in [0.4, 0.5) is 0 Å². The molecule has 1 aromatic carbocycles. The van der Waals surface area contributed by atoms with E-state index in [1.54, 1.807) is 0 Å². The summed E-state index contributed by atoms with van der Waals surface area (Å²) in [7, 11) is 0. The van der Waals surface area contributed by atoms with Crippen LogP contribution in [0.15, 0.2) is 30.3 Å². The molecule has 0 aliphatic carbocycles. The van der Waals surface area contributed by atoms with Crippen LogP contribution in [0.1, 0.15) is 65.4 Å². The van der Waals surface area contributed by atoms with Crippen molar-refractivity contribution < 1.29 is 0 Å². The zero-order valence-corrected chi connectivity index (χ0v) is 16.4. The van der Waals surface area contributed by atoms with Gasteiger partial charge in [0.25, 0.3) is 0 Å². The highest BCUT2D eigenvalue weighted by atomic mass is 15.2. The lowest BCUT2D eigenvalue weighted by Crippen LogP contribution is -2.44. The molecule has 0 aromatic heterocycles. The van der Waals surface area contributed by atoms with Gasteiger partial charge in [-0.2, -0.15) is 0 Å². The number of likely N-dealkylation sites (tertiary alicyclic amines) is 2. The van der Waals surface area contributed by atoms with E-state index in [1.165, 1.54) is 51.0 Å². The Morgan fingerprint density at radius 2 is 1.50 bits per heavy atom. The van der Waals surface area contributed by atoms with Crippen LogP contribution in [0.3, 0.4) is 0 Å². The van der Waals surface area contributed by atoms with Gasteiger partial charge in [0.05, 0.1) is 0 Å². The predicted molar refractivity (Wildman–Crippen MR) is 104 cm³/mol. The molecule has 2 fully saturated rings. The zero-order chi connectivity index (χ0) is 17.4. The van der Waals surface area contributed by atoms with Crippen LogP contribution in [0.5, 0.6) is 0 Å². The summed E-state index contributed by atoms with van der Waals surface area (Å²) >= 11 is 0. The molecule has 2 unspecified atom stereocenters. The van der Waals surface area contributed by atoms with Crippen molar-refractivity contribution in [2.45, 2.75) is 70.9 Å². The molecule has 2 aliphatic heterocycles. The molecule has 134 valence electrons. The summed E-state index contributed by atoms with van der Waals surface area (Å²) in [6, 6.07) is 11.2. The molecule has 0 saturated carbocycles. The van der Waals surface area contributed by atoms with Gasteiger partial charge in [0.2, 0.25) is 0 Å². The first-order chi connectivity index (χ1) is 11.3. The Balaban J connectivity index is 1.79. The number of nitrogens with zero attached hydrogens (tertiary/aromatic N) is 2. The molecule has 0 spiro atoms. The number of rotatable bonds is 4. The lowest BCUT2D eigenvalue weighted by atomic mass is 9.80. The molecule has 2 nitrogen and oxygen atoms in total. The Kier molecular flexibility index (Phi) is 5.09. The topological polar surface area (TPSA) is 6.48 Å². The van der Waals surface area contributed by atoms with Crippen LogP contribution in [0, 0.1) is 5.92 Å². The minimum Gasteiger partial charge on any atom is -0.298 e. The molecule has 2 heteroatoms. The predicted octanol–water partition coefficient (Wildman–Crippen LogP) is 4.77. The third-order valence-corrected chi connectivity index (χ3v) is 6.34. The smallest absolute Gasteiger partial charge is 0.0156 e. The number of hydrogen-bond donors (Lipinski definition) is 0. The first-order valence-corrected chi connectivity index (χ1v) is 9.82. The molecule has 3 rings (SSSR count). The molecule has 1 aromatic rings. The normalized spacial score (nSPS) is 27.0. The minimum atomic E-state index is 0.263. The van der Waals surface area contributed by atoms with E-state index in [-0.39, 0.29) is 5.54 Å². The second kappa shape index (κ2) is 6.80. The third kappa shape index (κ3) is 3.86. The maximum absolute atomic E-state index is 2.73. The van der Waals surface area contributed by atoms with E-state index in [2.05, 4.69) is 74.8 Å². The molecule has 0 amide bonds. The first-order valence-electron chi connectivity index (χ1n) is 9.82. The molecule has 24 heavy (non-hydrogen) atoms. The van der Waals surface area contributed by atoms with E-state index >= 15 is 0 Å². The highest BCUT2D eigenvalue weighted by Crippen LogP contribution is 2.41. The lowest BCUT2D eigenvalue weighted by Gasteiger charge is -2.39. The second-order valence-electron chi connectivity index (χ2n) is 9.56. The summed E-state index contributed by atoms with van der Waals surface area (Å²) in [5.74, 6) is 1.43. The SMILES string of the molecule is CC(C)(C)N1CC(CC(C)(C)N2CCCC2)C(c2ccccc2)C1. The van der Waals surface area contributed by atoms with Gasteiger partial charge in [-0.15, -0.1) is 0 Å². The van der Waals surface area contributed by atoms with Crippen molar-refractivity contribution in [2.75, 3.05) is 26.2 Å². The Morgan fingerprint density at radius 3 is 2.08 bits per heavy atom. The Morgan fingerprint density at radius 1 is 0.875 bits per heavy atom. The third-order valence-electron chi connectivity index (χ3n) is 6.34. The van der Waals surface area contributed by atoms with Gasteiger partial charge < -0.3 is 0 Å². The zero-order valence-electron chi connectivity index (χ0n) is 16.4. The molecular weight excluding hydrogens is 292 g/mol. The van der Waals surface area contributed by atoms with Crippen LogP contribution in [-0.2, 0) is 0 Å². The number of benzene rings is 1. The van der Waals surface area contributed by atoms with Crippen LogP contribution < -0.4 is 0 Å². The summed E-state index contributed by atoms with van der Waals surface area (Å²) < 4.78 is 0. The van der Waals surface area contributed by atoms with Crippen LogP contribution in [0.2, 0.25) is 0 Å². The molecule has 2 aliphatic rings.